The van der Waals surface area contributed by atoms with Crippen molar-refractivity contribution in [2.75, 3.05) is 5.32 Å². The first-order valence-corrected chi connectivity index (χ1v) is 11.3. The van der Waals surface area contributed by atoms with E-state index in [0.29, 0.717) is 17.8 Å². The van der Waals surface area contributed by atoms with Gasteiger partial charge in [-0.3, -0.25) is 4.79 Å². The molecule has 1 aliphatic rings. The molecule has 0 spiro atoms. The number of anilines is 1. The van der Waals surface area contributed by atoms with Gasteiger partial charge in [-0.25, -0.2) is 0 Å². The molecule has 0 fully saturated rings. The van der Waals surface area contributed by atoms with Crippen LogP contribution in [0.25, 0.3) is 0 Å². The average Bonchev–Trinajstić information content (AvgIpc) is 3.13. The third-order valence-electron chi connectivity index (χ3n) is 5.86. The van der Waals surface area contributed by atoms with Crippen molar-refractivity contribution in [2.45, 2.75) is 73.0 Å². The summed E-state index contributed by atoms with van der Waals surface area (Å²) < 4.78 is 218. The van der Waals surface area contributed by atoms with Crippen LogP contribution in [-0.4, -0.2) is 52.7 Å². The van der Waals surface area contributed by atoms with Crippen LogP contribution in [0.4, 0.5) is 75.2 Å². The van der Waals surface area contributed by atoms with Crippen LogP contribution >= 0.6 is 22.9 Å². The Morgan fingerprint density at radius 2 is 1.25 bits per heavy atom. The molecule has 1 amide bonds. The van der Waals surface area contributed by atoms with Gasteiger partial charge in [0.15, 0.2) is 0 Å². The van der Waals surface area contributed by atoms with Crippen molar-refractivity contribution in [1.29, 1.82) is 5.26 Å². The minimum absolute atomic E-state index is 0.0705. The fourth-order valence-corrected chi connectivity index (χ4v) is 4.92. The molecule has 40 heavy (non-hydrogen) atoms. The van der Waals surface area contributed by atoms with Gasteiger partial charge in [-0.05, 0) is 42.3 Å². The van der Waals surface area contributed by atoms with Crippen molar-refractivity contribution in [1.82, 2.24) is 0 Å². The second-order valence-electron chi connectivity index (χ2n) is 8.64. The number of nitrogens with zero attached hydrogens (tertiary/aromatic N) is 1. The SMILES string of the molecule is CC1CCc2c(sc(NC(=O)C(F)(F)C(F)(F)C(F)(F)C(F)(F)C(F)(F)C(F)(F)C(F)(F)C(F)(F)Cl)c2C#N)C1. The zero-order chi connectivity index (χ0) is 31.7. The van der Waals surface area contributed by atoms with Gasteiger partial charge in [0.2, 0.25) is 0 Å². The van der Waals surface area contributed by atoms with Crippen molar-refractivity contribution in [3.05, 3.63) is 16.0 Å². The van der Waals surface area contributed by atoms with E-state index >= 15 is 0 Å². The van der Waals surface area contributed by atoms with E-state index in [0.717, 1.165) is 5.32 Å². The summed E-state index contributed by atoms with van der Waals surface area (Å²) in [5.74, 6) is -61.0. The van der Waals surface area contributed by atoms with E-state index < -0.39 is 63.3 Å². The molecular formula is C19H11ClF16N2OS. The number of rotatable bonds is 9. The molecule has 2 rings (SSSR count). The Labute approximate surface area is 221 Å². The fraction of sp³-hybridized carbons (Fsp3) is 0.684. The maximum atomic E-state index is 14.2. The molecule has 1 aliphatic carbocycles. The van der Waals surface area contributed by atoms with Crippen LogP contribution in [0.3, 0.4) is 0 Å². The summed E-state index contributed by atoms with van der Waals surface area (Å²) in [4.78, 5) is 12.1. The predicted molar refractivity (Wildman–Crippen MR) is 104 cm³/mol. The lowest BCUT2D eigenvalue weighted by Crippen LogP contribution is -2.75. The van der Waals surface area contributed by atoms with E-state index in [9.17, 15) is 80.3 Å². The largest absolute Gasteiger partial charge is 0.393 e. The Hall–Kier alpha value is -2.17. The van der Waals surface area contributed by atoms with Crippen LogP contribution in [0.5, 0.6) is 0 Å². The summed E-state index contributed by atoms with van der Waals surface area (Å²) in [5, 5.41) is 2.24. The van der Waals surface area contributed by atoms with E-state index in [1.54, 1.807) is 6.92 Å². The van der Waals surface area contributed by atoms with E-state index in [1.165, 1.54) is 6.07 Å². The first-order valence-electron chi connectivity index (χ1n) is 10.1. The number of carbonyl (C=O) groups is 1. The molecule has 0 saturated carbocycles. The van der Waals surface area contributed by atoms with E-state index in [-0.39, 0.29) is 29.2 Å². The highest BCUT2D eigenvalue weighted by Gasteiger charge is 2.95. The van der Waals surface area contributed by atoms with Crippen LogP contribution in [0, 0.1) is 17.2 Å². The van der Waals surface area contributed by atoms with Gasteiger partial charge in [-0.15, -0.1) is 11.3 Å². The summed E-state index contributed by atoms with van der Waals surface area (Å²) in [5.41, 5.74) is -0.487. The maximum Gasteiger partial charge on any atom is 0.393 e. The predicted octanol–water partition coefficient (Wildman–Crippen LogP) is 7.96. The molecule has 228 valence electrons. The molecule has 0 bridgehead atoms. The van der Waals surface area contributed by atoms with Crippen LogP contribution in [-0.2, 0) is 17.6 Å². The number of hydrogen-bond donors (Lipinski definition) is 1. The summed E-state index contributed by atoms with van der Waals surface area (Å²) in [6.07, 6.45) is 0.670. The Kier molecular flexibility index (Phi) is 8.25. The lowest BCUT2D eigenvalue weighted by Gasteiger charge is -2.42. The molecular weight excluding hydrogens is 644 g/mol. The summed E-state index contributed by atoms with van der Waals surface area (Å²) in [7, 11) is 0. The van der Waals surface area contributed by atoms with Crippen LogP contribution in [0.15, 0.2) is 0 Å². The minimum atomic E-state index is -8.67. The third-order valence-corrected chi connectivity index (χ3v) is 7.26. The Morgan fingerprint density at radius 1 is 0.825 bits per heavy atom. The van der Waals surface area contributed by atoms with Gasteiger partial charge in [0.25, 0.3) is 0 Å². The van der Waals surface area contributed by atoms with Gasteiger partial charge in [0.05, 0.1) is 5.56 Å². The van der Waals surface area contributed by atoms with Crippen LogP contribution < -0.4 is 5.32 Å². The van der Waals surface area contributed by atoms with Gasteiger partial charge in [0.1, 0.15) is 11.1 Å². The molecule has 1 atom stereocenters. The zero-order valence-electron chi connectivity index (χ0n) is 18.9. The second-order valence-corrected chi connectivity index (χ2v) is 10.2. The standard InChI is InChI=1S/C19H11ClF16N2OS/c1-6-2-3-7-8(5-37)10(40-9(7)4-6)38-11(39)12(21,22)13(23,24)14(25,26)15(27,28)16(29,30)17(31,32)18(33,34)19(20,35)36/h6H,2-4H2,1H3,(H,38,39). The third kappa shape index (κ3) is 4.54. The topological polar surface area (TPSA) is 52.9 Å². The highest BCUT2D eigenvalue weighted by Crippen LogP contribution is 2.64. The Balaban J connectivity index is 2.54. The molecule has 1 N–H and O–H groups in total. The number of nitriles is 1. The van der Waals surface area contributed by atoms with Crippen LogP contribution in [0.1, 0.15) is 29.3 Å². The minimum Gasteiger partial charge on any atom is -0.311 e. The smallest absolute Gasteiger partial charge is 0.311 e. The lowest BCUT2D eigenvalue weighted by atomic mass is 9.88. The highest BCUT2D eigenvalue weighted by molar-refractivity contribution is 7.16. The Bertz CT molecular complexity index is 1200. The Morgan fingerprint density at radius 3 is 1.68 bits per heavy atom. The molecule has 21 heteroatoms. The first-order chi connectivity index (χ1) is 17.6. The first kappa shape index (κ1) is 34.0. The maximum absolute atomic E-state index is 14.2. The van der Waals surface area contributed by atoms with Crippen molar-refractivity contribution in [3.8, 4) is 6.07 Å². The number of fused-ring (bicyclic) bond motifs is 1. The van der Waals surface area contributed by atoms with Gasteiger partial charge >= 0.3 is 52.7 Å². The van der Waals surface area contributed by atoms with Crippen molar-refractivity contribution in [3.63, 3.8) is 0 Å². The highest BCUT2D eigenvalue weighted by atomic mass is 35.5. The summed E-state index contributed by atoms with van der Waals surface area (Å²) >= 11 is 3.78. The fourth-order valence-electron chi connectivity index (χ4n) is 3.45. The summed E-state index contributed by atoms with van der Waals surface area (Å²) in [6.45, 7) is 1.69. The number of halogens is 17. The molecule has 0 radical (unpaired) electrons. The lowest BCUT2D eigenvalue weighted by molar-refractivity contribution is -0.445. The number of carbonyl (C=O) groups excluding carboxylic acids is 1. The molecule has 0 saturated heterocycles. The molecule has 1 heterocycles. The van der Waals surface area contributed by atoms with Crippen molar-refractivity contribution < 1.29 is 75.0 Å². The van der Waals surface area contributed by atoms with Crippen molar-refractivity contribution in [2.24, 2.45) is 5.92 Å². The normalized spacial score (nSPS) is 18.3. The van der Waals surface area contributed by atoms with Crippen molar-refractivity contribution >= 4 is 33.8 Å². The number of thiophene rings is 1. The van der Waals surface area contributed by atoms with Gasteiger partial charge < -0.3 is 5.32 Å². The number of amides is 1. The number of nitrogens with one attached hydrogen (secondary N) is 1. The van der Waals surface area contributed by atoms with Crippen LogP contribution in [0.2, 0.25) is 0 Å². The quantitative estimate of drug-likeness (QED) is 0.217. The average molecular weight is 655 g/mol. The number of hydrogen-bond acceptors (Lipinski definition) is 3. The molecule has 1 aromatic heterocycles. The van der Waals surface area contributed by atoms with Gasteiger partial charge in [-0.1, -0.05) is 6.92 Å². The molecule has 0 aliphatic heterocycles. The van der Waals surface area contributed by atoms with E-state index in [2.05, 4.69) is 11.6 Å². The zero-order valence-corrected chi connectivity index (χ0v) is 20.5. The molecule has 1 aromatic rings. The number of alkyl halides is 17. The van der Waals surface area contributed by atoms with E-state index in [4.69, 9.17) is 0 Å². The van der Waals surface area contributed by atoms with Gasteiger partial charge in [0, 0.05) is 4.88 Å². The molecule has 1 unspecified atom stereocenters. The molecule has 0 aromatic carbocycles. The second kappa shape index (κ2) is 9.70. The van der Waals surface area contributed by atoms with E-state index in [1.807, 2.05) is 0 Å². The monoisotopic (exact) mass is 654 g/mol. The van der Waals surface area contributed by atoms with Gasteiger partial charge in [-0.2, -0.15) is 75.5 Å². The summed E-state index contributed by atoms with van der Waals surface area (Å²) in [6, 6.07) is 1.40. The molecule has 3 nitrogen and oxygen atoms in total.